The second-order valence-corrected chi connectivity index (χ2v) is 4.97. The normalized spacial score (nSPS) is 23.6. The molecular weight excluding hydrogens is 264 g/mol. The van der Waals surface area contributed by atoms with Gasteiger partial charge >= 0.3 is 12.0 Å². The fourth-order valence-corrected chi connectivity index (χ4v) is 2.30. The van der Waals surface area contributed by atoms with Crippen molar-refractivity contribution in [3.05, 3.63) is 18.5 Å². The highest BCUT2D eigenvalue weighted by molar-refractivity contribution is 5.83. The number of urea groups is 1. The van der Waals surface area contributed by atoms with Crippen LogP contribution in [0.4, 0.5) is 4.79 Å². The lowest BCUT2D eigenvalue weighted by Gasteiger charge is -2.24. The maximum absolute atomic E-state index is 12.1. The predicted octanol–water partition coefficient (Wildman–Crippen LogP) is -0.499. The van der Waals surface area contributed by atoms with E-state index in [0.29, 0.717) is 6.54 Å². The van der Waals surface area contributed by atoms with Gasteiger partial charge in [0.15, 0.2) is 0 Å². The van der Waals surface area contributed by atoms with Gasteiger partial charge in [-0.3, -0.25) is 4.68 Å². The third-order valence-electron chi connectivity index (χ3n) is 3.21. The zero-order valence-electron chi connectivity index (χ0n) is 11.1. The van der Waals surface area contributed by atoms with E-state index in [4.69, 9.17) is 5.11 Å². The molecule has 1 aromatic rings. The molecule has 8 nitrogen and oxygen atoms in total. The molecule has 2 rings (SSSR count). The summed E-state index contributed by atoms with van der Waals surface area (Å²) in [5, 5.41) is 25.3. The van der Waals surface area contributed by atoms with E-state index in [2.05, 4.69) is 10.4 Å². The molecule has 1 aliphatic rings. The van der Waals surface area contributed by atoms with E-state index < -0.39 is 24.1 Å². The van der Waals surface area contributed by atoms with E-state index in [9.17, 15) is 14.7 Å². The van der Waals surface area contributed by atoms with Crippen molar-refractivity contribution in [2.75, 3.05) is 6.54 Å². The molecule has 1 aliphatic heterocycles. The quantitative estimate of drug-likeness (QED) is 0.690. The lowest BCUT2D eigenvalue weighted by molar-refractivity contribution is -0.141. The standard InChI is InChI=1S/C12H18N4O4/c1-8(6-15-4-2-3-13-15)14-12(20)16-7-9(17)5-10(16)11(18)19/h2-4,8-10,17H,5-7H2,1H3,(H,14,20)(H,18,19)/t8?,9-,10-/m0/s1. The molecule has 0 aliphatic carbocycles. The van der Waals surface area contributed by atoms with Crippen molar-refractivity contribution >= 4 is 12.0 Å². The van der Waals surface area contributed by atoms with Crippen molar-refractivity contribution in [1.82, 2.24) is 20.0 Å². The number of rotatable bonds is 4. The van der Waals surface area contributed by atoms with Crippen LogP contribution in [0.15, 0.2) is 18.5 Å². The summed E-state index contributed by atoms with van der Waals surface area (Å²) >= 11 is 0. The van der Waals surface area contributed by atoms with Gasteiger partial charge in [0.2, 0.25) is 0 Å². The van der Waals surface area contributed by atoms with E-state index >= 15 is 0 Å². The Hall–Kier alpha value is -2.09. The average molecular weight is 282 g/mol. The van der Waals surface area contributed by atoms with Crippen LogP contribution in [0.5, 0.6) is 0 Å². The minimum absolute atomic E-state index is 0.0390. The number of β-amino-alcohol motifs (C(OH)–C–C–N with tert-alkyl or cyclic N) is 1. The molecule has 110 valence electrons. The molecule has 0 spiro atoms. The number of carboxylic acid groups (broad SMARTS) is 1. The number of hydrogen-bond acceptors (Lipinski definition) is 4. The number of aliphatic hydroxyl groups excluding tert-OH is 1. The highest BCUT2D eigenvalue weighted by Crippen LogP contribution is 2.18. The highest BCUT2D eigenvalue weighted by Gasteiger charge is 2.39. The van der Waals surface area contributed by atoms with E-state index in [1.54, 1.807) is 23.1 Å². The molecule has 1 aromatic heterocycles. The molecule has 2 heterocycles. The van der Waals surface area contributed by atoms with Crippen LogP contribution < -0.4 is 5.32 Å². The summed E-state index contributed by atoms with van der Waals surface area (Å²) < 4.78 is 1.68. The minimum atomic E-state index is -1.10. The van der Waals surface area contributed by atoms with Gasteiger partial charge in [-0.05, 0) is 13.0 Å². The van der Waals surface area contributed by atoms with Crippen LogP contribution in [-0.4, -0.2) is 61.6 Å². The number of aromatic nitrogens is 2. The molecule has 3 atom stereocenters. The zero-order valence-corrected chi connectivity index (χ0v) is 11.1. The van der Waals surface area contributed by atoms with Crippen LogP contribution in [-0.2, 0) is 11.3 Å². The number of amides is 2. The second kappa shape index (κ2) is 5.91. The first-order valence-corrected chi connectivity index (χ1v) is 6.43. The molecular formula is C12H18N4O4. The van der Waals surface area contributed by atoms with Crippen LogP contribution in [0, 0.1) is 0 Å². The summed E-state index contributed by atoms with van der Waals surface area (Å²) in [5.74, 6) is -1.10. The molecule has 20 heavy (non-hydrogen) atoms. The summed E-state index contributed by atoms with van der Waals surface area (Å²) in [6.45, 7) is 2.34. The first kappa shape index (κ1) is 14.3. The largest absolute Gasteiger partial charge is 0.480 e. The van der Waals surface area contributed by atoms with Crippen molar-refractivity contribution in [3.63, 3.8) is 0 Å². The smallest absolute Gasteiger partial charge is 0.326 e. The van der Waals surface area contributed by atoms with Crippen LogP contribution in [0.1, 0.15) is 13.3 Å². The van der Waals surface area contributed by atoms with Gasteiger partial charge in [-0.25, -0.2) is 9.59 Å². The maximum atomic E-state index is 12.1. The Morgan fingerprint density at radius 3 is 2.90 bits per heavy atom. The van der Waals surface area contributed by atoms with Crippen LogP contribution in [0.25, 0.3) is 0 Å². The number of carboxylic acids is 1. The highest BCUT2D eigenvalue weighted by atomic mass is 16.4. The zero-order chi connectivity index (χ0) is 14.7. The van der Waals surface area contributed by atoms with Gasteiger partial charge in [0.05, 0.1) is 12.6 Å². The lowest BCUT2D eigenvalue weighted by atomic mass is 10.2. The van der Waals surface area contributed by atoms with Crippen molar-refractivity contribution in [3.8, 4) is 0 Å². The molecule has 0 aromatic carbocycles. The molecule has 2 amide bonds. The summed E-state index contributed by atoms with van der Waals surface area (Å²) in [7, 11) is 0. The summed E-state index contributed by atoms with van der Waals surface area (Å²) in [6, 6.07) is 0.136. The Bertz CT molecular complexity index is 476. The number of nitrogens with zero attached hydrogens (tertiary/aromatic N) is 3. The van der Waals surface area contributed by atoms with Crippen molar-refractivity contribution in [1.29, 1.82) is 0 Å². The van der Waals surface area contributed by atoms with E-state index in [-0.39, 0.29) is 19.0 Å². The molecule has 0 radical (unpaired) electrons. The van der Waals surface area contributed by atoms with E-state index in [1.165, 1.54) is 0 Å². The SMILES string of the molecule is CC(Cn1cccn1)NC(=O)N1C[C@@H](O)C[C@H]1C(=O)O. The van der Waals surface area contributed by atoms with Crippen molar-refractivity contribution in [2.45, 2.75) is 38.1 Å². The van der Waals surface area contributed by atoms with E-state index in [1.807, 2.05) is 6.92 Å². The number of aliphatic carboxylic acids is 1. The van der Waals surface area contributed by atoms with Crippen LogP contribution in [0.3, 0.4) is 0 Å². The monoisotopic (exact) mass is 282 g/mol. The number of carbonyl (C=O) groups is 2. The van der Waals surface area contributed by atoms with Crippen molar-refractivity contribution < 1.29 is 19.8 Å². The van der Waals surface area contributed by atoms with Crippen LogP contribution in [0.2, 0.25) is 0 Å². The summed E-state index contributed by atoms with van der Waals surface area (Å²) in [4.78, 5) is 24.3. The Balaban J connectivity index is 1.92. The fourth-order valence-electron chi connectivity index (χ4n) is 2.30. The number of hydrogen-bond donors (Lipinski definition) is 3. The molecule has 8 heteroatoms. The molecule has 1 fully saturated rings. The number of nitrogens with one attached hydrogen (secondary N) is 1. The molecule has 3 N–H and O–H groups in total. The topological polar surface area (TPSA) is 108 Å². The van der Waals surface area contributed by atoms with Gasteiger partial charge in [-0.15, -0.1) is 0 Å². The molecule has 1 unspecified atom stereocenters. The molecule has 1 saturated heterocycles. The van der Waals surface area contributed by atoms with Gasteiger partial charge < -0.3 is 20.4 Å². The molecule has 0 bridgehead atoms. The molecule has 0 saturated carbocycles. The first-order chi connectivity index (χ1) is 9.47. The Morgan fingerprint density at radius 2 is 2.30 bits per heavy atom. The van der Waals surface area contributed by atoms with Gasteiger partial charge in [-0.1, -0.05) is 0 Å². The summed E-state index contributed by atoms with van der Waals surface area (Å²) in [6.07, 6.45) is 2.70. The maximum Gasteiger partial charge on any atom is 0.326 e. The Morgan fingerprint density at radius 1 is 1.55 bits per heavy atom. The van der Waals surface area contributed by atoms with Gasteiger partial charge in [0, 0.05) is 31.4 Å². The predicted molar refractivity (Wildman–Crippen MR) is 69.0 cm³/mol. The number of carbonyl (C=O) groups excluding carboxylic acids is 1. The fraction of sp³-hybridized carbons (Fsp3) is 0.583. The minimum Gasteiger partial charge on any atom is -0.480 e. The first-order valence-electron chi connectivity index (χ1n) is 6.43. The third kappa shape index (κ3) is 3.27. The van der Waals surface area contributed by atoms with Gasteiger partial charge in [0.1, 0.15) is 6.04 Å². The van der Waals surface area contributed by atoms with Crippen LogP contribution >= 0.6 is 0 Å². The number of likely N-dealkylation sites (tertiary alicyclic amines) is 1. The number of aliphatic hydroxyl groups is 1. The Labute approximate surface area is 116 Å². The second-order valence-electron chi connectivity index (χ2n) is 4.97. The average Bonchev–Trinajstić information content (AvgIpc) is 2.97. The summed E-state index contributed by atoms with van der Waals surface area (Å²) in [5.41, 5.74) is 0. The third-order valence-corrected chi connectivity index (χ3v) is 3.21. The van der Waals surface area contributed by atoms with Gasteiger partial charge in [-0.2, -0.15) is 5.10 Å². The van der Waals surface area contributed by atoms with E-state index in [0.717, 1.165) is 4.90 Å². The van der Waals surface area contributed by atoms with Crippen molar-refractivity contribution in [2.24, 2.45) is 0 Å². The lowest BCUT2D eigenvalue weighted by Crippen LogP contribution is -2.49. The van der Waals surface area contributed by atoms with Gasteiger partial charge in [0.25, 0.3) is 0 Å². The Kier molecular flexibility index (Phi) is 4.23.